The molecule has 0 aliphatic heterocycles. The number of hydrogen-bond donors (Lipinski definition) is 2. The van der Waals surface area contributed by atoms with E-state index >= 15 is 0 Å². The lowest BCUT2D eigenvalue weighted by Gasteiger charge is -2.56. The smallest absolute Gasteiger partial charge is 0.265 e. The van der Waals surface area contributed by atoms with Crippen LogP contribution in [-0.4, -0.2) is 33.7 Å². The molecule has 0 spiro atoms. The molecule has 5 nitrogen and oxygen atoms in total. The Morgan fingerprint density at radius 2 is 1.64 bits per heavy atom. The molecule has 4 aliphatic carbocycles. The number of carbonyl (C=O) groups is 2. The number of amides is 2. The van der Waals surface area contributed by atoms with Crippen molar-refractivity contribution in [2.45, 2.75) is 44.1 Å². The van der Waals surface area contributed by atoms with E-state index in [0.29, 0.717) is 17.8 Å². The highest BCUT2D eigenvalue weighted by molar-refractivity contribution is 7.98. The summed E-state index contributed by atoms with van der Waals surface area (Å²) < 4.78 is 28.3. The van der Waals surface area contributed by atoms with Gasteiger partial charge in [0.05, 0.1) is 16.1 Å². The lowest BCUT2D eigenvalue weighted by molar-refractivity contribution is -0.0167. The van der Waals surface area contributed by atoms with Crippen LogP contribution in [0.25, 0.3) is 0 Å². The van der Waals surface area contributed by atoms with Crippen LogP contribution in [-0.2, 0) is 9.71 Å². The molecule has 0 aromatic heterocycles. The zero-order chi connectivity index (χ0) is 20.3. The molecule has 4 bridgehead atoms. The standard InChI is InChI=1S/C20H24ClFN2O3S/c1-28(2,27)24-19(26)15-6-16(21)14(7-17(15)22)18(25)23-20-8-11-3-12(9-20)5-13(4-11)10-20/h6-7,11-13H,1,3-5,8-10H2,2H3,(H,23,25)(H,24,26,27). The van der Waals surface area contributed by atoms with E-state index in [1.165, 1.54) is 25.5 Å². The van der Waals surface area contributed by atoms with Crippen LogP contribution in [0.5, 0.6) is 0 Å². The summed E-state index contributed by atoms with van der Waals surface area (Å²) in [5.41, 5.74) is -0.573. The van der Waals surface area contributed by atoms with Crippen molar-refractivity contribution in [3.8, 4) is 0 Å². The van der Waals surface area contributed by atoms with Crippen LogP contribution in [0, 0.1) is 23.6 Å². The Hall–Kier alpha value is -1.60. The molecule has 4 saturated carbocycles. The Morgan fingerprint density at radius 3 is 2.14 bits per heavy atom. The zero-order valence-corrected chi connectivity index (χ0v) is 17.3. The van der Waals surface area contributed by atoms with Gasteiger partial charge in [-0.05, 0) is 74.3 Å². The Kier molecular flexibility index (Phi) is 4.74. The van der Waals surface area contributed by atoms with Crippen LogP contribution in [0.15, 0.2) is 12.1 Å². The maximum absolute atomic E-state index is 14.5. The van der Waals surface area contributed by atoms with Gasteiger partial charge in [-0.15, -0.1) is 0 Å². The number of carbonyl (C=O) groups excluding carboxylic acids is 2. The van der Waals surface area contributed by atoms with Crippen LogP contribution in [0.4, 0.5) is 4.39 Å². The topological polar surface area (TPSA) is 75.3 Å². The van der Waals surface area contributed by atoms with E-state index in [1.807, 2.05) is 0 Å². The molecule has 0 saturated heterocycles. The number of rotatable bonds is 4. The van der Waals surface area contributed by atoms with Crippen LogP contribution >= 0.6 is 11.6 Å². The molecule has 152 valence electrons. The lowest BCUT2D eigenvalue weighted by Crippen LogP contribution is -2.59. The van der Waals surface area contributed by atoms with E-state index in [-0.39, 0.29) is 21.7 Å². The molecular formula is C20H24ClFN2O3S. The van der Waals surface area contributed by atoms with Gasteiger partial charge >= 0.3 is 0 Å². The number of nitrogens with one attached hydrogen (secondary N) is 2. The normalized spacial score (nSPS) is 32.6. The summed E-state index contributed by atoms with van der Waals surface area (Å²) in [5.74, 6) is 3.13. The van der Waals surface area contributed by atoms with Crippen molar-refractivity contribution in [3.05, 3.63) is 34.1 Å². The SMILES string of the molecule is C=S(C)(=O)NC(=O)c1cc(Cl)c(C(=O)NC23CC4CC(CC(C4)C2)C3)cc1F. The summed E-state index contributed by atoms with van der Waals surface area (Å²) in [6.45, 7) is 0. The van der Waals surface area contributed by atoms with Crippen LogP contribution < -0.4 is 10.0 Å². The van der Waals surface area contributed by atoms with Gasteiger partial charge in [0.15, 0.2) is 0 Å². The van der Waals surface area contributed by atoms with E-state index in [9.17, 15) is 18.2 Å². The minimum atomic E-state index is -2.85. The number of benzene rings is 1. The quantitative estimate of drug-likeness (QED) is 0.726. The van der Waals surface area contributed by atoms with Crippen molar-refractivity contribution >= 4 is 39.0 Å². The monoisotopic (exact) mass is 426 g/mol. The molecule has 0 radical (unpaired) electrons. The van der Waals surface area contributed by atoms with Gasteiger partial charge in [-0.1, -0.05) is 11.6 Å². The lowest BCUT2D eigenvalue weighted by atomic mass is 9.53. The average molecular weight is 427 g/mol. The average Bonchev–Trinajstić information content (AvgIpc) is 2.53. The molecule has 1 unspecified atom stereocenters. The van der Waals surface area contributed by atoms with Gasteiger partial charge in [0, 0.05) is 21.5 Å². The van der Waals surface area contributed by atoms with Crippen molar-refractivity contribution in [1.29, 1.82) is 0 Å². The Balaban J connectivity index is 1.55. The van der Waals surface area contributed by atoms with E-state index in [1.54, 1.807) is 0 Å². The predicted octanol–water partition coefficient (Wildman–Crippen LogP) is 3.17. The number of hydrogen-bond acceptors (Lipinski definition) is 3. The third-order valence-corrected chi connectivity index (χ3v) is 7.20. The molecular weight excluding hydrogens is 403 g/mol. The molecule has 1 aromatic rings. The minimum Gasteiger partial charge on any atom is -0.347 e. The summed E-state index contributed by atoms with van der Waals surface area (Å²) in [6, 6.07) is 2.08. The van der Waals surface area contributed by atoms with Gasteiger partial charge in [-0.3, -0.25) is 14.3 Å². The first kappa shape index (κ1) is 19.7. The summed E-state index contributed by atoms with van der Waals surface area (Å²) in [4.78, 5) is 25.0. The molecule has 4 fully saturated rings. The number of halogens is 2. The highest BCUT2D eigenvalue weighted by Gasteiger charge is 2.51. The first-order valence-electron chi connectivity index (χ1n) is 9.49. The Morgan fingerprint density at radius 1 is 1.11 bits per heavy atom. The van der Waals surface area contributed by atoms with Crippen LogP contribution in [0.1, 0.15) is 59.2 Å². The third-order valence-electron chi connectivity index (χ3n) is 6.27. The maximum Gasteiger partial charge on any atom is 0.265 e. The van der Waals surface area contributed by atoms with E-state index < -0.39 is 27.3 Å². The van der Waals surface area contributed by atoms with Crippen molar-refractivity contribution in [3.63, 3.8) is 0 Å². The molecule has 28 heavy (non-hydrogen) atoms. The Bertz CT molecular complexity index is 925. The first-order valence-corrected chi connectivity index (χ1v) is 12.0. The maximum atomic E-state index is 14.5. The Labute approximate surface area is 169 Å². The van der Waals surface area contributed by atoms with Crippen molar-refractivity contribution < 1.29 is 18.2 Å². The van der Waals surface area contributed by atoms with E-state index in [2.05, 4.69) is 15.9 Å². The van der Waals surface area contributed by atoms with E-state index in [0.717, 1.165) is 31.4 Å². The van der Waals surface area contributed by atoms with Gasteiger partial charge in [-0.2, -0.15) is 0 Å². The highest BCUT2D eigenvalue weighted by atomic mass is 35.5. The van der Waals surface area contributed by atoms with Gasteiger partial charge in [0.2, 0.25) is 0 Å². The zero-order valence-electron chi connectivity index (χ0n) is 15.7. The van der Waals surface area contributed by atoms with Gasteiger partial charge in [-0.25, -0.2) is 8.60 Å². The van der Waals surface area contributed by atoms with Crippen LogP contribution in [0.3, 0.4) is 0 Å². The van der Waals surface area contributed by atoms with Crippen molar-refractivity contribution in [1.82, 2.24) is 10.0 Å². The fraction of sp³-hybridized carbons (Fsp3) is 0.550. The summed E-state index contributed by atoms with van der Waals surface area (Å²) in [6.07, 6.45) is 7.90. The second-order valence-corrected chi connectivity index (χ2v) is 11.5. The fourth-order valence-corrected chi connectivity index (χ4v) is 6.47. The highest BCUT2D eigenvalue weighted by Crippen LogP contribution is 2.55. The molecule has 0 heterocycles. The van der Waals surface area contributed by atoms with Crippen molar-refractivity contribution in [2.24, 2.45) is 17.8 Å². The molecule has 1 aromatic carbocycles. The summed E-state index contributed by atoms with van der Waals surface area (Å²) in [7, 11) is -2.85. The molecule has 1 atom stereocenters. The largest absolute Gasteiger partial charge is 0.347 e. The molecule has 8 heteroatoms. The van der Waals surface area contributed by atoms with Gasteiger partial charge < -0.3 is 5.32 Å². The fourth-order valence-electron chi connectivity index (χ4n) is 5.72. The molecule has 2 N–H and O–H groups in total. The molecule has 5 rings (SSSR count). The third kappa shape index (κ3) is 3.79. The van der Waals surface area contributed by atoms with E-state index in [4.69, 9.17) is 11.6 Å². The molecule has 2 amide bonds. The van der Waals surface area contributed by atoms with Gasteiger partial charge in [0.25, 0.3) is 11.8 Å². The second-order valence-electron chi connectivity index (χ2n) is 8.90. The predicted molar refractivity (Wildman–Crippen MR) is 108 cm³/mol. The van der Waals surface area contributed by atoms with Crippen molar-refractivity contribution in [2.75, 3.05) is 6.26 Å². The summed E-state index contributed by atoms with van der Waals surface area (Å²) in [5, 5.41) is 3.14. The molecule has 4 aliphatic rings. The first-order chi connectivity index (χ1) is 13.0. The second kappa shape index (κ2) is 6.73. The van der Waals surface area contributed by atoms with Gasteiger partial charge in [0.1, 0.15) is 5.82 Å². The minimum absolute atomic E-state index is 0.0123. The summed E-state index contributed by atoms with van der Waals surface area (Å²) >= 11 is 6.20. The van der Waals surface area contributed by atoms with Crippen LogP contribution in [0.2, 0.25) is 5.02 Å².